The maximum Gasteiger partial charge on any atom is 0.260 e. The van der Waals surface area contributed by atoms with Crippen molar-refractivity contribution in [2.24, 2.45) is 7.05 Å². The normalized spacial score (nSPS) is 18.3. The van der Waals surface area contributed by atoms with E-state index in [9.17, 15) is 4.79 Å². The summed E-state index contributed by atoms with van der Waals surface area (Å²) < 4.78 is 6.85. The van der Waals surface area contributed by atoms with Gasteiger partial charge in [-0.2, -0.15) is 0 Å². The molecular weight excluding hydrogens is 326 g/mol. The zero-order chi connectivity index (χ0) is 17.1. The Labute approximate surface area is 147 Å². The van der Waals surface area contributed by atoms with E-state index in [0.717, 1.165) is 30.8 Å². The zero-order valence-electron chi connectivity index (χ0n) is 14.0. The summed E-state index contributed by atoms with van der Waals surface area (Å²) in [6, 6.07) is 7.95. The molecule has 1 amide bonds. The highest BCUT2D eigenvalue weighted by Gasteiger charge is 2.27. The first kappa shape index (κ1) is 16.8. The van der Waals surface area contributed by atoms with Crippen molar-refractivity contribution in [2.45, 2.75) is 25.2 Å². The largest absolute Gasteiger partial charge is 0.479 e. The van der Waals surface area contributed by atoms with Crippen LogP contribution in [0.3, 0.4) is 0 Å². The Morgan fingerprint density at radius 2 is 2.04 bits per heavy atom. The lowest BCUT2D eigenvalue weighted by Crippen LogP contribution is -2.34. The molecule has 1 unspecified atom stereocenters. The lowest BCUT2D eigenvalue weighted by Gasteiger charge is -2.24. The molecule has 1 saturated heterocycles. The Kier molecular flexibility index (Phi) is 5.09. The van der Waals surface area contributed by atoms with Gasteiger partial charge in [-0.15, -0.1) is 5.10 Å². The van der Waals surface area contributed by atoms with E-state index in [1.54, 1.807) is 17.9 Å². The topological polar surface area (TPSA) is 47.4 Å². The van der Waals surface area contributed by atoms with Crippen LogP contribution in [-0.4, -0.2) is 40.8 Å². The number of hydrogen-bond acceptors (Lipinski definition) is 3. The minimum absolute atomic E-state index is 0.0131. The van der Waals surface area contributed by atoms with Gasteiger partial charge in [0.1, 0.15) is 5.56 Å². The number of carbonyl (C=O) groups is 1. The maximum atomic E-state index is 12.9. The summed E-state index contributed by atoms with van der Waals surface area (Å²) in [7, 11) is 3.33. The Morgan fingerprint density at radius 1 is 1.29 bits per heavy atom. The van der Waals surface area contributed by atoms with Gasteiger partial charge < -0.3 is 9.64 Å². The molecule has 5 nitrogen and oxygen atoms in total. The third kappa shape index (κ3) is 3.56. The van der Waals surface area contributed by atoms with Gasteiger partial charge in [0.05, 0.1) is 7.11 Å². The number of rotatable bonds is 3. The van der Waals surface area contributed by atoms with Crippen molar-refractivity contribution in [2.75, 3.05) is 20.2 Å². The molecule has 0 aliphatic carbocycles. The summed E-state index contributed by atoms with van der Waals surface area (Å²) >= 11 is 5.99. The predicted octanol–water partition coefficient (Wildman–Crippen LogP) is 3.49. The number of nitrogens with zero attached hydrogens (tertiary/aromatic N) is 3. The second-order valence-electron chi connectivity index (χ2n) is 6.22. The molecule has 2 aromatic rings. The third-order valence-corrected chi connectivity index (χ3v) is 4.77. The van der Waals surface area contributed by atoms with Crippen LogP contribution in [0.2, 0.25) is 5.02 Å². The number of benzene rings is 1. The molecular formula is C18H22ClN3O2. The molecule has 1 aromatic carbocycles. The molecule has 0 saturated carbocycles. The van der Waals surface area contributed by atoms with Gasteiger partial charge in [-0.3, -0.25) is 9.48 Å². The molecule has 6 heteroatoms. The first-order chi connectivity index (χ1) is 11.6. The Hall–Kier alpha value is -2.01. The van der Waals surface area contributed by atoms with Gasteiger partial charge in [0.25, 0.3) is 5.91 Å². The van der Waals surface area contributed by atoms with Crippen molar-refractivity contribution in [3.05, 3.63) is 46.6 Å². The molecule has 1 aromatic heterocycles. The lowest BCUT2D eigenvalue weighted by molar-refractivity contribution is 0.0751. The summed E-state index contributed by atoms with van der Waals surface area (Å²) in [4.78, 5) is 14.9. The lowest BCUT2D eigenvalue weighted by atomic mass is 9.94. The zero-order valence-corrected chi connectivity index (χ0v) is 14.8. The average Bonchev–Trinajstić information content (AvgIpc) is 2.80. The van der Waals surface area contributed by atoms with E-state index in [0.29, 0.717) is 23.9 Å². The number of likely N-dealkylation sites (tertiary alicyclic amines) is 1. The van der Waals surface area contributed by atoms with Crippen LogP contribution in [0.25, 0.3) is 0 Å². The van der Waals surface area contributed by atoms with Crippen LogP contribution in [0, 0.1) is 0 Å². The number of methoxy groups -OCH3 is 1. The monoisotopic (exact) mass is 347 g/mol. The first-order valence-corrected chi connectivity index (χ1v) is 8.58. The summed E-state index contributed by atoms with van der Waals surface area (Å²) in [5, 5.41) is 4.92. The van der Waals surface area contributed by atoms with Crippen LogP contribution in [0.1, 0.15) is 41.1 Å². The molecule has 1 aliphatic heterocycles. The smallest absolute Gasteiger partial charge is 0.260 e. The van der Waals surface area contributed by atoms with Crippen molar-refractivity contribution in [1.29, 1.82) is 0 Å². The number of aromatic nitrogens is 2. The molecule has 0 bridgehead atoms. The van der Waals surface area contributed by atoms with E-state index >= 15 is 0 Å². The highest BCUT2D eigenvalue weighted by Crippen LogP contribution is 2.29. The highest BCUT2D eigenvalue weighted by molar-refractivity contribution is 6.30. The molecule has 128 valence electrons. The SMILES string of the molecule is COc1nn(C)cc1C(=O)N1CCCCC(c2ccc(Cl)cc2)C1. The maximum absolute atomic E-state index is 12.9. The van der Waals surface area contributed by atoms with Crippen molar-refractivity contribution in [1.82, 2.24) is 14.7 Å². The molecule has 2 heterocycles. The number of ether oxygens (including phenoxy) is 1. The third-order valence-electron chi connectivity index (χ3n) is 4.52. The number of carbonyl (C=O) groups excluding carboxylic acids is 1. The molecule has 1 aliphatic rings. The molecule has 0 N–H and O–H groups in total. The standard InChI is InChI=1S/C18H22ClN3O2/c1-21-12-16(17(20-21)24-2)18(23)22-10-4-3-5-14(11-22)13-6-8-15(19)9-7-13/h6-9,12,14H,3-5,10-11H2,1-2H3. The number of aryl methyl sites for hydroxylation is 1. The quantitative estimate of drug-likeness (QED) is 0.853. The van der Waals surface area contributed by atoms with E-state index in [-0.39, 0.29) is 5.91 Å². The van der Waals surface area contributed by atoms with Gasteiger partial charge >= 0.3 is 0 Å². The second-order valence-corrected chi connectivity index (χ2v) is 6.66. The Bertz CT molecular complexity index is 712. The first-order valence-electron chi connectivity index (χ1n) is 8.21. The minimum atomic E-state index is -0.0131. The van der Waals surface area contributed by atoms with Gasteiger partial charge in [0, 0.05) is 37.3 Å². The second kappa shape index (κ2) is 7.26. The van der Waals surface area contributed by atoms with Gasteiger partial charge in [0.2, 0.25) is 5.88 Å². The molecule has 0 radical (unpaired) electrons. The van der Waals surface area contributed by atoms with Gasteiger partial charge in [-0.1, -0.05) is 30.2 Å². The predicted molar refractivity (Wildman–Crippen MR) is 93.7 cm³/mol. The van der Waals surface area contributed by atoms with Crippen LogP contribution in [0.5, 0.6) is 5.88 Å². The van der Waals surface area contributed by atoms with Crippen molar-refractivity contribution in [3.63, 3.8) is 0 Å². The van der Waals surface area contributed by atoms with Crippen molar-refractivity contribution >= 4 is 17.5 Å². The number of amides is 1. The van der Waals surface area contributed by atoms with Gasteiger partial charge in [-0.05, 0) is 30.5 Å². The number of halogens is 1. The van der Waals surface area contributed by atoms with Crippen LogP contribution in [0.4, 0.5) is 0 Å². The summed E-state index contributed by atoms with van der Waals surface area (Å²) in [6.07, 6.45) is 4.93. The van der Waals surface area contributed by atoms with E-state index < -0.39 is 0 Å². The van der Waals surface area contributed by atoms with Crippen molar-refractivity contribution in [3.8, 4) is 5.88 Å². The van der Waals surface area contributed by atoms with Crippen LogP contribution < -0.4 is 4.74 Å². The molecule has 3 rings (SSSR count). The van der Waals surface area contributed by atoms with E-state index in [4.69, 9.17) is 16.3 Å². The molecule has 0 spiro atoms. The average molecular weight is 348 g/mol. The fraction of sp³-hybridized carbons (Fsp3) is 0.444. The Balaban J connectivity index is 1.81. The van der Waals surface area contributed by atoms with Gasteiger partial charge in [0.15, 0.2) is 0 Å². The molecule has 1 fully saturated rings. The van der Waals surface area contributed by atoms with Crippen LogP contribution in [0.15, 0.2) is 30.5 Å². The van der Waals surface area contributed by atoms with Crippen LogP contribution >= 0.6 is 11.6 Å². The van der Waals surface area contributed by atoms with Crippen LogP contribution in [-0.2, 0) is 7.05 Å². The summed E-state index contributed by atoms with van der Waals surface area (Å²) in [6.45, 7) is 1.47. The molecule has 1 atom stereocenters. The highest BCUT2D eigenvalue weighted by atomic mass is 35.5. The summed E-state index contributed by atoms with van der Waals surface area (Å²) in [5.41, 5.74) is 1.76. The fourth-order valence-electron chi connectivity index (χ4n) is 3.27. The fourth-order valence-corrected chi connectivity index (χ4v) is 3.40. The summed E-state index contributed by atoms with van der Waals surface area (Å²) in [5.74, 6) is 0.701. The van der Waals surface area contributed by atoms with Crippen molar-refractivity contribution < 1.29 is 9.53 Å². The molecule has 24 heavy (non-hydrogen) atoms. The number of hydrogen-bond donors (Lipinski definition) is 0. The van der Waals surface area contributed by atoms with E-state index in [1.165, 1.54) is 12.7 Å². The van der Waals surface area contributed by atoms with Gasteiger partial charge in [-0.25, -0.2) is 0 Å². The van der Waals surface area contributed by atoms with E-state index in [1.807, 2.05) is 17.0 Å². The van der Waals surface area contributed by atoms with E-state index in [2.05, 4.69) is 17.2 Å². The minimum Gasteiger partial charge on any atom is -0.479 e. The Morgan fingerprint density at radius 3 is 2.75 bits per heavy atom.